The number of imidazole rings is 1. The predicted molar refractivity (Wildman–Crippen MR) is 93.1 cm³/mol. The van der Waals surface area contributed by atoms with Crippen LogP contribution in [0.2, 0.25) is 0 Å². The third-order valence-electron chi connectivity index (χ3n) is 3.44. The molecule has 1 aromatic carbocycles. The van der Waals surface area contributed by atoms with E-state index in [2.05, 4.69) is 20.6 Å². The van der Waals surface area contributed by atoms with E-state index in [0.717, 1.165) is 27.9 Å². The lowest BCUT2D eigenvalue weighted by atomic mass is 10.2. The van der Waals surface area contributed by atoms with Crippen molar-refractivity contribution in [2.45, 2.75) is 13.1 Å². The molecule has 0 fully saturated rings. The smallest absolute Gasteiger partial charge is 0.193 e. The number of hydrogen-bond donors (Lipinski definition) is 2. The number of nitrogens with zero attached hydrogens (tertiary/aromatic N) is 3. The van der Waals surface area contributed by atoms with E-state index in [4.69, 9.17) is 4.74 Å². The molecule has 2 aromatic heterocycles. The van der Waals surface area contributed by atoms with E-state index >= 15 is 0 Å². The minimum atomic E-state index is 0.625. The normalized spacial score (nSPS) is 11.7. The Hall–Kier alpha value is -2.54. The average Bonchev–Trinajstić information content (AvgIpc) is 3.16. The molecule has 0 atom stereocenters. The molecule has 3 aromatic rings. The van der Waals surface area contributed by atoms with E-state index in [9.17, 15) is 0 Å². The summed E-state index contributed by atoms with van der Waals surface area (Å²) >= 11 is 1.62. The third-order valence-corrected chi connectivity index (χ3v) is 4.21. The third kappa shape index (κ3) is 3.62. The first kappa shape index (κ1) is 15.4. The zero-order valence-electron chi connectivity index (χ0n) is 13.1. The number of aliphatic imine (C=N–C) groups is 1. The number of hydrogen-bond acceptors (Lipinski definition) is 4. The van der Waals surface area contributed by atoms with E-state index in [1.54, 1.807) is 25.5 Å². The summed E-state index contributed by atoms with van der Waals surface area (Å²) in [4.78, 5) is 9.78. The number of thiazole rings is 1. The molecule has 0 aliphatic heterocycles. The monoisotopic (exact) mass is 329 g/mol. The van der Waals surface area contributed by atoms with Crippen LogP contribution in [0.3, 0.4) is 0 Å². The predicted octanol–water partition coefficient (Wildman–Crippen LogP) is 2.27. The van der Waals surface area contributed by atoms with Crippen molar-refractivity contribution in [3.8, 4) is 5.75 Å². The quantitative estimate of drug-likeness (QED) is 0.557. The summed E-state index contributed by atoms with van der Waals surface area (Å²) in [5.74, 6) is 1.59. The van der Waals surface area contributed by atoms with Crippen molar-refractivity contribution in [1.29, 1.82) is 0 Å². The average molecular weight is 329 g/mol. The molecule has 23 heavy (non-hydrogen) atoms. The molecular formula is C16H19N5OS. The number of para-hydroxylation sites is 1. The molecule has 0 aliphatic carbocycles. The van der Waals surface area contributed by atoms with Gasteiger partial charge in [0.15, 0.2) is 10.9 Å². The molecule has 0 saturated carbocycles. The number of aromatic nitrogens is 2. The first-order valence-corrected chi connectivity index (χ1v) is 8.15. The van der Waals surface area contributed by atoms with Gasteiger partial charge in [-0.3, -0.25) is 9.39 Å². The highest BCUT2D eigenvalue weighted by molar-refractivity contribution is 7.15. The summed E-state index contributed by atoms with van der Waals surface area (Å²) in [6.45, 7) is 1.27. The first-order valence-electron chi connectivity index (χ1n) is 7.27. The second-order valence-electron chi connectivity index (χ2n) is 4.92. The Morgan fingerprint density at radius 2 is 2.13 bits per heavy atom. The lowest BCUT2D eigenvalue weighted by Crippen LogP contribution is -2.36. The number of rotatable bonds is 5. The number of fused-ring (bicyclic) bond motifs is 1. The Balaban J connectivity index is 1.56. The maximum atomic E-state index is 5.35. The van der Waals surface area contributed by atoms with E-state index in [0.29, 0.717) is 13.1 Å². The van der Waals surface area contributed by atoms with Crippen LogP contribution in [0.5, 0.6) is 5.75 Å². The fourth-order valence-corrected chi connectivity index (χ4v) is 3.00. The van der Waals surface area contributed by atoms with Gasteiger partial charge in [-0.25, -0.2) is 4.98 Å². The van der Waals surface area contributed by atoms with Gasteiger partial charge in [-0.1, -0.05) is 18.2 Å². The molecule has 0 spiro atoms. The summed E-state index contributed by atoms with van der Waals surface area (Å²) in [6.07, 6.45) is 4.03. The minimum absolute atomic E-state index is 0.625. The molecule has 0 amide bonds. The fraction of sp³-hybridized carbons (Fsp3) is 0.250. The van der Waals surface area contributed by atoms with Gasteiger partial charge in [0.2, 0.25) is 0 Å². The van der Waals surface area contributed by atoms with Crippen molar-refractivity contribution in [3.05, 3.63) is 53.3 Å². The number of benzene rings is 1. The molecule has 0 unspecified atom stereocenters. The van der Waals surface area contributed by atoms with Crippen molar-refractivity contribution in [1.82, 2.24) is 20.0 Å². The Kier molecular flexibility index (Phi) is 4.77. The second kappa shape index (κ2) is 7.15. The lowest BCUT2D eigenvalue weighted by Gasteiger charge is -2.13. The molecular weight excluding hydrogens is 310 g/mol. The van der Waals surface area contributed by atoms with Gasteiger partial charge in [0.1, 0.15) is 5.75 Å². The van der Waals surface area contributed by atoms with Crippen LogP contribution in [0, 0.1) is 0 Å². The maximum Gasteiger partial charge on any atom is 0.193 e. The van der Waals surface area contributed by atoms with Gasteiger partial charge in [-0.2, -0.15) is 0 Å². The van der Waals surface area contributed by atoms with Crippen LogP contribution in [-0.4, -0.2) is 29.5 Å². The molecule has 7 heteroatoms. The van der Waals surface area contributed by atoms with E-state index < -0.39 is 0 Å². The zero-order valence-corrected chi connectivity index (χ0v) is 13.9. The Bertz CT molecular complexity index is 779. The van der Waals surface area contributed by atoms with E-state index in [1.807, 2.05) is 46.4 Å². The minimum Gasteiger partial charge on any atom is -0.496 e. The standard InChI is InChI=1S/C16H19N5OS/c1-17-15(18-9-12-5-3-4-6-14(12)22-2)19-10-13-11-21-7-8-23-16(21)20-13/h3-8,11H,9-10H2,1-2H3,(H2,17,18,19). The summed E-state index contributed by atoms with van der Waals surface area (Å²) in [5, 5.41) is 8.58. The van der Waals surface area contributed by atoms with E-state index in [1.165, 1.54) is 0 Å². The van der Waals surface area contributed by atoms with Crippen LogP contribution in [0.15, 0.2) is 47.0 Å². The number of methoxy groups -OCH3 is 1. The van der Waals surface area contributed by atoms with E-state index in [-0.39, 0.29) is 0 Å². The highest BCUT2D eigenvalue weighted by Gasteiger charge is 2.05. The highest BCUT2D eigenvalue weighted by Crippen LogP contribution is 2.16. The summed E-state index contributed by atoms with van der Waals surface area (Å²) in [6, 6.07) is 7.93. The molecule has 0 bridgehead atoms. The highest BCUT2D eigenvalue weighted by atomic mass is 32.1. The Morgan fingerprint density at radius 3 is 2.91 bits per heavy atom. The van der Waals surface area contributed by atoms with Gasteiger partial charge in [-0.15, -0.1) is 11.3 Å². The van der Waals surface area contributed by atoms with Crippen molar-refractivity contribution < 1.29 is 4.74 Å². The van der Waals surface area contributed by atoms with Crippen LogP contribution >= 0.6 is 11.3 Å². The van der Waals surface area contributed by atoms with Crippen molar-refractivity contribution in [2.75, 3.05) is 14.2 Å². The first-order chi connectivity index (χ1) is 11.3. The van der Waals surface area contributed by atoms with Gasteiger partial charge in [0, 0.05) is 36.9 Å². The van der Waals surface area contributed by atoms with Gasteiger partial charge in [-0.05, 0) is 6.07 Å². The largest absolute Gasteiger partial charge is 0.496 e. The summed E-state index contributed by atoms with van der Waals surface area (Å²) in [7, 11) is 3.43. The molecule has 0 radical (unpaired) electrons. The maximum absolute atomic E-state index is 5.35. The molecule has 0 saturated heterocycles. The molecule has 2 heterocycles. The molecule has 0 aliphatic rings. The second-order valence-corrected chi connectivity index (χ2v) is 5.79. The van der Waals surface area contributed by atoms with Crippen LogP contribution < -0.4 is 15.4 Å². The molecule has 2 N–H and O–H groups in total. The van der Waals surface area contributed by atoms with Crippen LogP contribution in [0.4, 0.5) is 0 Å². The number of nitrogens with one attached hydrogen (secondary N) is 2. The van der Waals surface area contributed by atoms with Gasteiger partial charge >= 0.3 is 0 Å². The van der Waals surface area contributed by atoms with Crippen LogP contribution in [0.1, 0.15) is 11.3 Å². The van der Waals surface area contributed by atoms with Gasteiger partial charge in [0.25, 0.3) is 0 Å². The fourth-order valence-electron chi connectivity index (χ4n) is 2.28. The molecule has 3 rings (SSSR count). The molecule has 6 nitrogen and oxygen atoms in total. The summed E-state index contributed by atoms with van der Waals surface area (Å²) < 4.78 is 7.37. The van der Waals surface area contributed by atoms with Gasteiger partial charge in [0.05, 0.1) is 19.3 Å². The Labute approximate surface area is 138 Å². The van der Waals surface area contributed by atoms with Crippen LogP contribution in [-0.2, 0) is 13.1 Å². The number of guanidine groups is 1. The Morgan fingerprint density at radius 1 is 1.30 bits per heavy atom. The van der Waals surface area contributed by atoms with Crippen molar-refractivity contribution in [2.24, 2.45) is 4.99 Å². The SMILES string of the molecule is CN=C(NCc1cn2ccsc2n1)NCc1ccccc1OC. The zero-order chi connectivity index (χ0) is 16.1. The van der Waals surface area contributed by atoms with Crippen molar-refractivity contribution in [3.63, 3.8) is 0 Å². The number of ether oxygens (including phenoxy) is 1. The topological polar surface area (TPSA) is 63.0 Å². The van der Waals surface area contributed by atoms with Crippen LogP contribution in [0.25, 0.3) is 4.96 Å². The van der Waals surface area contributed by atoms with Gasteiger partial charge < -0.3 is 15.4 Å². The molecule has 120 valence electrons. The van der Waals surface area contributed by atoms with Crippen molar-refractivity contribution >= 4 is 22.3 Å². The summed E-state index contributed by atoms with van der Waals surface area (Å²) in [5.41, 5.74) is 2.07. The lowest BCUT2D eigenvalue weighted by molar-refractivity contribution is 0.409.